The molecular weight excluding hydrogens is 314 g/mol. The standard InChI is InChI=1S/C15H13Cl2FN2O/c1-8-3-10(4-9(2)14(8)18)6-20-15(21)11-5-13(17)19-7-12(11)16/h3-5,7H,6H2,1-2H3,(H,20,21). The molecule has 21 heavy (non-hydrogen) atoms. The molecule has 0 saturated heterocycles. The zero-order valence-corrected chi connectivity index (χ0v) is 13.0. The average Bonchev–Trinajstić information content (AvgIpc) is 2.44. The second-order valence-corrected chi connectivity index (χ2v) is 5.51. The van der Waals surface area contributed by atoms with Crippen molar-refractivity contribution < 1.29 is 9.18 Å². The fourth-order valence-corrected chi connectivity index (χ4v) is 2.35. The third-order valence-electron chi connectivity index (χ3n) is 3.02. The molecule has 3 nitrogen and oxygen atoms in total. The topological polar surface area (TPSA) is 42.0 Å². The highest BCUT2D eigenvalue weighted by atomic mass is 35.5. The van der Waals surface area contributed by atoms with E-state index in [-0.39, 0.29) is 34.0 Å². The molecule has 0 atom stereocenters. The van der Waals surface area contributed by atoms with Crippen molar-refractivity contribution >= 4 is 29.1 Å². The van der Waals surface area contributed by atoms with Gasteiger partial charge in [0.05, 0.1) is 10.6 Å². The number of carbonyl (C=O) groups excluding carboxylic acids is 1. The Morgan fingerprint density at radius 3 is 2.48 bits per heavy atom. The number of pyridine rings is 1. The molecular formula is C15H13Cl2FN2O. The minimum Gasteiger partial charge on any atom is -0.348 e. The van der Waals surface area contributed by atoms with E-state index in [9.17, 15) is 9.18 Å². The second kappa shape index (κ2) is 6.41. The molecule has 0 spiro atoms. The van der Waals surface area contributed by atoms with Crippen LogP contribution < -0.4 is 5.32 Å². The highest BCUT2D eigenvalue weighted by molar-refractivity contribution is 6.35. The summed E-state index contributed by atoms with van der Waals surface area (Å²) >= 11 is 11.7. The number of nitrogens with one attached hydrogen (secondary N) is 1. The van der Waals surface area contributed by atoms with Gasteiger partial charge in [0.2, 0.25) is 0 Å². The van der Waals surface area contributed by atoms with Crippen molar-refractivity contribution in [2.45, 2.75) is 20.4 Å². The Balaban J connectivity index is 2.13. The van der Waals surface area contributed by atoms with E-state index >= 15 is 0 Å². The van der Waals surface area contributed by atoms with Crippen LogP contribution in [0.4, 0.5) is 4.39 Å². The van der Waals surface area contributed by atoms with Gasteiger partial charge >= 0.3 is 0 Å². The predicted molar refractivity (Wildman–Crippen MR) is 81.3 cm³/mol. The highest BCUT2D eigenvalue weighted by Gasteiger charge is 2.12. The summed E-state index contributed by atoms with van der Waals surface area (Å²) in [5, 5.41) is 3.14. The van der Waals surface area contributed by atoms with Crippen molar-refractivity contribution in [1.82, 2.24) is 10.3 Å². The van der Waals surface area contributed by atoms with Crippen LogP contribution >= 0.6 is 23.2 Å². The zero-order valence-electron chi connectivity index (χ0n) is 11.5. The molecule has 1 aromatic heterocycles. The van der Waals surface area contributed by atoms with Gasteiger partial charge in [-0.1, -0.05) is 35.3 Å². The van der Waals surface area contributed by atoms with Crippen LogP contribution in [0.15, 0.2) is 24.4 Å². The smallest absolute Gasteiger partial charge is 0.253 e. The van der Waals surface area contributed by atoms with Gasteiger partial charge in [-0.15, -0.1) is 0 Å². The quantitative estimate of drug-likeness (QED) is 0.864. The third-order valence-corrected chi connectivity index (χ3v) is 3.52. The SMILES string of the molecule is Cc1cc(CNC(=O)c2cc(Cl)ncc2Cl)cc(C)c1F. The number of nitrogens with zero attached hydrogens (tertiary/aromatic N) is 1. The summed E-state index contributed by atoms with van der Waals surface area (Å²) in [4.78, 5) is 15.9. The van der Waals surface area contributed by atoms with Gasteiger partial charge in [-0.05, 0) is 36.6 Å². The van der Waals surface area contributed by atoms with Gasteiger partial charge in [-0.2, -0.15) is 0 Å². The van der Waals surface area contributed by atoms with Crippen molar-refractivity contribution in [3.8, 4) is 0 Å². The molecule has 1 heterocycles. The molecule has 2 rings (SSSR count). The first kappa shape index (κ1) is 15.7. The van der Waals surface area contributed by atoms with E-state index in [0.29, 0.717) is 11.1 Å². The van der Waals surface area contributed by atoms with Crippen LogP contribution in [0.1, 0.15) is 27.0 Å². The number of benzene rings is 1. The van der Waals surface area contributed by atoms with Gasteiger partial charge in [-0.25, -0.2) is 9.37 Å². The van der Waals surface area contributed by atoms with Gasteiger partial charge < -0.3 is 5.32 Å². The van der Waals surface area contributed by atoms with E-state index in [2.05, 4.69) is 10.3 Å². The maximum Gasteiger partial charge on any atom is 0.253 e. The summed E-state index contributed by atoms with van der Waals surface area (Å²) in [6, 6.07) is 4.80. The van der Waals surface area contributed by atoms with Crippen LogP contribution in [0.2, 0.25) is 10.2 Å². The summed E-state index contributed by atoms with van der Waals surface area (Å²) < 4.78 is 13.5. The maximum atomic E-state index is 13.5. The summed E-state index contributed by atoms with van der Waals surface area (Å²) in [7, 11) is 0. The van der Waals surface area contributed by atoms with Crippen molar-refractivity contribution in [3.63, 3.8) is 0 Å². The second-order valence-electron chi connectivity index (χ2n) is 4.71. The minimum absolute atomic E-state index is 0.193. The van der Waals surface area contributed by atoms with Gasteiger partial charge in [0, 0.05) is 12.7 Å². The number of amides is 1. The van der Waals surface area contributed by atoms with E-state index in [1.165, 1.54) is 12.3 Å². The molecule has 0 aliphatic heterocycles. The Hall–Kier alpha value is -1.65. The van der Waals surface area contributed by atoms with Crippen molar-refractivity contribution in [1.29, 1.82) is 0 Å². The monoisotopic (exact) mass is 326 g/mol. The average molecular weight is 327 g/mol. The van der Waals surface area contributed by atoms with E-state index in [0.717, 1.165) is 5.56 Å². The first-order valence-corrected chi connectivity index (χ1v) is 6.99. The van der Waals surface area contributed by atoms with Crippen molar-refractivity contribution in [3.05, 3.63) is 62.6 Å². The third kappa shape index (κ3) is 3.71. The van der Waals surface area contributed by atoms with E-state index in [4.69, 9.17) is 23.2 Å². The van der Waals surface area contributed by atoms with E-state index in [1.54, 1.807) is 26.0 Å². The Morgan fingerprint density at radius 2 is 1.86 bits per heavy atom. The Labute approximate surface area is 132 Å². The molecule has 0 radical (unpaired) electrons. The van der Waals surface area contributed by atoms with Crippen LogP contribution in [0.25, 0.3) is 0 Å². The number of rotatable bonds is 3. The summed E-state index contributed by atoms with van der Waals surface area (Å²) in [6.45, 7) is 3.65. The number of hydrogen-bond donors (Lipinski definition) is 1. The molecule has 1 N–H and O–H groups in total. The maximum absolute atomic E-state index is 13.5. The highest BCUT2D eigenvalue weighted by Crippen LogP contribution is 2.18. The van der Waals surface area contributed by atoms with Crippen LogP contribution in [0, 0.1) is 19.7 Å². The Bertz CT molecular complexity index is 681. The molecule has 1 aromatic carbocycles. The minimum atomic E-state index is -0.357. The number of aryl methyl sites for hydroxylation is 2. The van der Waals surface area contributed by atoms with Gasteiger partial charge in [0.15, 0.2) is 0 Å². The van der Waals surface area contributed by atoms with Crippen molar-refractivity contribution in [2.75, 3.05) is 0 Å². The van der Waals surface area contributed by atoms with Gasteiger partial charge in [0.25, 0.3) is 5.91 Å². The Morgan fingerprint density at radius 1 is 1.24 bits per heavy atom. The number of hydrogen-bond acceptors (Lipinski definition) is 2. The lowest BCUT2D eigenvalue weighted by Gasteiger charge is -2.09. The number of halogens is 3. The van der Waals surface area contributed by atoms with Gasteiger partial charge in [0.1, 0.15) is 11.0 Å². The molecule has 1 amide bonds. The predicted octanol–water partition coefficient (Wildman–Crippen LogP) is 4.07. The van der Waals surface area contributed by atoms with E-state index < -0.39 is 0 Å². The summed E-state index contributed by atoms with van der Waals surface area (Å²) in [6.07, 6.45) is 1.32. The molecule has 0 bridgehead atoms. The fourth-order valence-electron chi connectivity index (χ4n) is 2.00. The lowest BCUT2D eigenvalue weighted by Crippen LogP contribution is -2.23. The molecule has 2 aromatic rings. The van der Waals surface area contributed by atoms with Crippen molar-refractivity contribution in [2.24, 2.45) is 0 Å². The van der Waals surface area contributed by atoms with Crippen LogP contribution in [0.5, 0.6) is 0 Å². The molecule has 0 unspecified atom stereocenters. The largest absolute Gasteiger partial charge is 0.348 e. The van der Waals surface area contributed by atoms with Crippen LogP contribution in [-0.4, -0.2) is 10.9 Å². The van der Waals surface area contributed by atoms with Crippen LogP contribution in [-0.2, 0) is 6.54 Å². The lowest BCUT2D eigenvalue weighted by atomic mass is 10.1. The molecule has 110 valence electrons. The molecule has 0 aliphatic carbocycles. The molecule has 0 saturated carbocycles. The summed E-state index contributed by atoms with van der Waals surface area (Å²) in [5.41, 5.74) is 2.16. The van der Waals surface area contributed by atoms with Gasteiger partial charge in [-0.3, -0.25) is 4.79 Å². The lowest BCUT2D eigenvalue weighted by molar-refractivity contribution is 0.0951. The molecule has 6 heteroatoms. The zero-order chi connectivity index (χ0) is 15.6. The van der Waals surface area contributed by atoms with E-state index in [1.807, 2.05) is 0 Å². The van der Waals surface area contributed by atoms with Crippen LogP contribution in [0.3, 0.4) is 0 Å². The molecule has 0 fully saturated rings. The fraction of sp³-hybridized carbons (Fsp3) is 0.200. The first-order valence-electron chi connectivity index (χ1n) is 6.23. The normalized spacial score (nSPS) is 10.5. The number of carbonyl (C=O) groups is 1. The Kier molecular flexibility index (Phi) is 4.80. The molecule has 0 aliphatic rings. The summed E-state index contributed by atoms with van der Waals surface area (Å²) in [5.74, 6) is -0.585. The number of aromatic nitrogens is 1. The first-order chi connectivity index (χ1) is 9.88.